The molecule has 0 aliphatic rings. The first-order valence-electron chi connectivity index (χ1n) is 10.1. The maximum atomic E-state index is 9.18. The first kappa shape index (κ1) is 21.9. The quantitative estimate of drug-likeness (QED) is 0.338. The van der Waals surface area contributed by atoms with Gasteiger partial charge in [-0.05, 0) is 25.7 Å². The highest BCUT2D eigenvalue weighted by atomic mass is 16.3. The molecule has 2 nitrogen and oxygen atoms in total. The van der Waals surface area contributed by atoms with Crippen molar-refractivity contribution < 1.29 is 5.11 Å². The normalized spacial score (nSPS) is 14.2. The van der Waals surface area contributed by atoms with Crippen LogP contribution >= 0.6 is 0 Å². The van der Waals surface area contributed by atoms with Crippen LogP contribution in [0.3, 0.4) is 0 Å². The Hall–Kier alpha value is -0.0800. The number of aliphatic hydroxyl groups excluding tert-OH is 1. The number of aliphatic hydroxyl groups is 1. The van der Waals surface area contributed by atoms with Crippen molar-refractivity contribution in [3.05, 3.63) is 0 Å². The van der Waals surface area contributed by atoms with Crippen molar-refractivity contribution in [2.24, 2.45) is 5.92 Å². The van der Waals surface area contributed by atoms with Crippen molar-refractivity contribution in [3.63, 3.8) is 0 Å². The molecule has 2 heteroatoms. The van der Waals surface area contributed by atoms with E-state index < -0.39 is 0 Å². The standard InChI is InChI=1S/C20H43NO/c1-4-6-7-8-9-10-11-12-13-14-15-16-19(3)21-17-20(5-2)18-22/h19-22H,4-18H2,1-3H3. The van der Waals surface area contributed by atoms with Crippen LogP contribution in [0.1, 0.15) is 104 Å². The number of unbranched alkanes of at least 4 members (excludes halogenated alkanes) is 10. The zero-order valence-electron chi connectivity index (χ0n) is 15.7. The van der Waals surface area contributed by atoms with E-state index >= 15 is 0 Å². The molecule has 0 aliphatic heterocycles. The Morgan fingerprint density at radius 1 is 0.773 bits per heavy atom. The molecular formula is C20H43NO. The summed E-state index contributed by atoms with van der Waals surface area (Å²) in [6, 6.07) is 0.596. The smallest absolute Gasteiger partial charge is 0.0471 e. The zero-order chi connectivity index (χ0) is 16.5. The lowest BCUT2D eigenvalue weighted by atomic mass is 10.0. The summed E-state index contributed by atoms with van der Waals surface area (Å²) in [5.74, 6) is 0.430. The predicted octanol–water partition coefficient (Wildman–Crippen LogP) is 5.68. The summed E-state index contributed by atoms with van der Waals surface area (Å²) in [7, 11) is 0. The SMILES string of the molecule is CCCCCCCCCCCCCC(C)NCC(CC)CO. The zero-order valence-corrected chi connectivity index (χ0v) is 15.7. The van der Waals surface area contributed by atoms with Crippen LogP contribution in [0.25, 0.3) is 0 Å². The van der Waals surface area contributed by atoms with Crippen molar-refractivity contribution in [1.29, 1.82) is 0 Å². The molecule has 0 saturated heterocycles. The van der Waals surface area contributed by atoms with Gasteiger partial charge in [0.2, 0.25) is 0 Å². The minimum Gasteiger partial charge on any atom is -0.396 e. The Morgan fingerprint density at radius 2 is 1.27 bits per heavy atom. The third kappa shape index (κ3) is 14.8. The second kappa shape index (κ2) is 17.3. The van der Waals surface area contributed by atoms with Gasteiger partial charge in [-0.15, -0.1) is 0 Å². The van der Waals surface area contributed by atoms with Crippen LogP contribution in [-0.4, -0.2) is 24.3 Å². The summed E-state index contributed by atoms with van der Waals surface area (Å²) in [5, 5.41) is 12.7. The summed E-state index contributed by atoms with van der Waals surface area (Å²) in [6.45, 7) is 7.99. The van der Waals surface area contributed by atoms with Crippen LogP contribution in [0.5, 0.6) is 0 Å². The van der Waals surface area contributed by atoms with E-state index in [9.17, 15) is 5.11 Å². The molecule has 0 bridgehead atoms. The molecule has 0 amide bonds. The predicted molar refractivity (Wildman–Crippen MR) is 99.4 cm³/mol. The Morgan fingerprint density at radius 3 is 1.73 bits per heavy atom. The molecule has 134 valence electrons. The maximum absolute atomic E-state index is 9.18. The summed E-state index contributed by atoms with van der Waals surface area (Å²) >= 11 is 0. The molecule has 0 aromatic rings. The highest BCUT2D eigenvalue weighted by Crippen LogP contribution is 2.12. The highest BCUT2D eigenvalue weighted by molar-refractivity contribution is 4.65. The average Bonchev–Trinajstić information content (AvgIpc) is 2.53. The molecule has 0 aliphatic carbocycles. The average molecular weight is 314 g/mol. The van der Waals surface area contributed by atoms with Gasteiger partial charge in [0.05, 0.1) is 0 Å². The fourth-order valence-electron chi connectivity index (χ4n) is 2.92. The largest absolute Gasteiger partial charge is 0.396 e. The van der Waals surface area contributed by atoms with E-state index in [1.54, 1.807) is 0 Å². The lowest BCUT2D eigenvalue weighted by Gasteiger charge is -2.18. The summed E-state index contributed by atoms with van der Waals surface area (Å²) < 4.78 is 0. The summed E-state index contributed by atoms with van der Waals surface area (Å²) in [5.41, 5.74) is 0. The topological polar surface area (TPSA) is 32.3 Å². The minimum absolute atomic E-state index is 0.314. The second-order valence-electron chi connectivity index (χ2n) is 7.09. The van der Waals surface area contributed by atoms with Gasteiger partial charge in [-0.3, -0.25) is 0 Å². The van der Waals surface area contributed by atoms with Gasteiger partial charge in [0.15, 0.2) is 0 Å². The fourth-order valence-corrected chi connectivity index (χ4v) is 2.92. The Labute approximate surface area is 140 Å². The number of hydrogen-bond donors (Lipinski definition) is 2. The number of hydrogen-bond acceptors (Lipinski definition) is 2. The van der Waals surface area contributed by atoms with Crippen LogP contribution in [0, 0.1) is 5.92 Å². The van der Waals surface area contributed by atoms with E-state index in [0.29, 0.717) is 18.6 Å². The van der Waals surface area contributed by atoms with Crippen molar-refractivity contribution in [3.8, 4) is 0 Å². The lowest BCUT2D eigenvalue weighted by molar-refractivity contribution is 0.215. The Balaban J connectivity index is 3.21. The Bertz CT molecular complexity index is 204. The molecule has 2 atom stereocenters. The molecule has 0 radical (unpaired) electrons. The van der Waals surface area contributed by atoms with Gasteiger partial charge in [0, 0.05) is 19.2 Å². The first-order valence-corrected chi connectivity index (χ1v) is 10.1. The van der Waals surface area contributed by atoms with Gasteiger partial charge >= 0.3 is 0 Å². The molecule has 2 N–H and O–H groups in total. The van der Waals surface area contributed by atoms with Gasteiger partial charge < -0.3 is 10.4 Å². The Kier molecular flexibility index (Phi) is 17.2. The van der Waals surface area contributed by atoms with Crippen molar-refractivity contribution >= 4 is 0 Å². The van der Waals surface area contributed by atoms with Crippen LogP contribution < -0.4 is 5.32 Å². The van der Waals surface area contributed by atoms with Crippen LogP contribution in [-0.2, 0) is 0 Å². The highest BCUT2D eigenvalue weighted by Gasteiger charge is 2.07. The van der Waals surface area contributed by atoms with E-state index in [0.717, 1.165) is 13.0 Å². The second-order valence-corrected chi connectivity index (χ2v) is 7.09. The summed E-state index contributed by atoms with van der Waals surface area (Å²) in [4.78, 5) is 0. The molecule has 0 spiro atoms. The van der Waals surface area contributed by atoms with Gasteiger partial charge in [0.1, 0.15) is 0 Å². The van der Waals surface area contributed by atoms with Crippen LogP contribution in [0.2, 0.25) is 0 Å². The molecule has 0 aromatic carbocycles. The fraction of sp³-hybridized carbons (Fsp3) is 1.00. The van der Waals surface area contributed by atoms with Gasteiger partial charge in [-0.25, -0.2) is 0 Å². The number of nitrogens with one attached hydrogen (secondary N) is 1. The van der Waals surface area contributed by atoms with E-state index in [1.165, 1.54) is 77.0 Å². The maximum Gasteiger partial charge on any atom is 0.0471 e. The molecule has 0 saturated carbocycles. The van der Waals surface area contributed by atoms with E-state index in [2.05, 4.69) is 26.1 Å². The molecule has 0 fully saturated rings. The lowest BCUT2D eigenvalue weighted by Crippen LogP contribution is -2.32. The van der Waals surface area contributed by atoms with Crippen LogP contribution in [0.4, 0.5) is 0 Å². The summed E-state index contributed by atoms with van der Waals surface area (Å²) in [6.07, 6.45) is 17.9. The monoisotopic (exact) mass is 313 g/mol. The molecular weight excluding hydrogens is 270 g/mol. The van der Waals surface area contributed by atoms with Crippen molar-refractivity contribution in [1.82, 2.24) is 5.32 Å². The van der Waals surface area contributed by atoms with Crippen LogP contribution in [0.15, 0.2) is 0 Å². The minimum atomic E-state index is 0.314. The van der Waals surface area contributed by atoms with Gasteiger partial charge in [-0.2, -0.15) is 0 Å². The van der Waals surface area contributed by atoms with Gasteiger partial charge in [-0.1, -0.05) is 84.5 Å². The third-order valence-electron chi connectivity index (χ3n) is 4.83. The van der Waals surface area contributed by atoms with E-state index in [1.807, 2.05) is 0 Å². The molecule has 22 heavy (non-hydrogen) atoms. The third-order valence-corrected chi connectivity index (χ3v) is 4.83. The molecule has 2 unspecified atom stereocenters. The van der Waals surface area contributed by atoms with E-state index in [-0.39, 0.29) is 0 Å². The van der Waals surface area contributed by atoms with E-state index in [4.69, 9.17) is 0 Å². The number of rotatable bonds is 17. The first-order chi connectivity index (χ1) is 10.7. The van der Waals surface area contributed by atoms with Crippen molar-refractivity contribution in [2.45, 2.75) is 110 Å². The van der Waals surface area contributed by atoms with Gasteiger partial charge in [0.25, 0.3) is 0 Å². The molecule has 0 heterocycles. The molecule has 0 rings (SSSR count). The molecule has 0 aromatic heterocycles. The van der Waals surface area contributed by atoms with Crippen molar-refractivity contribution in [2.75, 3.05) is 13.2 Å².